The number of oxazole rings is 1. The normalized spacial score (nSPS) is 17.0. The molecular weight excluding hydrogens is 284 g/mol. The number of fused-ring (bicyclic) bond motifs is 1. The van der Waals surface area contributed by atoms with Gasteiger partial charge in [-0.3, -0.25) is 9.82 Å². The first kappa shape index (κ1) is 13.3. The standard InChI is InChI=1S/C12H14N2O5S/c15-12-13-10-6-5-9(7-11(10)18-12)20(16,17)14-19-8-3-1-2-4-8/h5-8,14H,1-4H2,(H,13,15). The molecule has 0 spiro atoms. The Morgan fingerprint density at radius 1 is 1.30 bits per heavy atom. The molecule has 20 heavy (non-hydrogen) atoms. The fourth-order valence-corrected chi connectivity index (χ4v) is 3.15. The van der Waals surface area contributed by atoms with Gasteiger partial charge in [0.05, 0.1) is 16.5 Å². The molecule has 1 aliphatic carbocycles. The molecule has 1 heterocycles. The largest absolute Gasteiger partial charge is 0.417 e. The van der Waals surface area contributed by atoms with Crippen molar-refractivity contribution >= 4 is 21.1 Å². The molecule has 108 valence electrons. The summed E-state index contributed by atoms with van der Waals surface area (Å²) in [5, 5.41) is 0. The van der Waals surface area contributed by atoms with Gasteiger partial charge in [0.1, 0.15) is 0 Å². The molecule has 1 saturated carbocycles. The van der Waals surface area contributed by atoms with Crippen molar-refractivity contribution in [3.63, 3.8) is 0 Å². The van der Waals surface area contributed by atoms with Gasteiger partial charge in [0.2, 0.25) is 0 Å². The third-order valence-electron chi connectivity index (χ3n) is 3.33. The number of aromatic nitrogens is 1. The van der Waals surface area contributed by atoms with Crippen LogP contribution in [0.4, 0.5) is 0 Å². The summed E-state index contributed by atoms with van der Waals surface area (Å²) in [7, 11) is -3.78. The Kier molecular flexibility index (Phi) is 3.36. The molecule has 1 aliphatic rings. The van der Waals surface area contributed by atoms with E-state index >= 15 is 0 Å². The summed E-state index contributed by atoms with van der Waals surface area (Å²) in [5.74, 6) is -0.621. The predicted molar refractivity (Wildman–Crippen MR) is 70.5 cm³/mol. The summed E-state index contributed by atoms with van der Waals surface area (Å²) in [5.41, 5.74) is 0.643. The Hall–Kier alpha value is -1.64. The minimum atomic E-state index is -3.78. The monoisotopic (exact) mass is 298 g/mol. The molecule has 0 amide bonds. The molecule has 1 fully saturated rings. The number of benzene rings is 1. The second kappa shape index (κ2) is 5.04. The fourth-order valence-electron chi connectivity index (χ4n) is 2.28. The van der Waals surface area contributed by atoms with Crippen molar-refractivity contribution in [2.24, 2.45) is 0 Å². The van der Waals surface area contributed by atoms with Crippen LogP contribution < -0.4 is 10.6 Å². The van der Waals surface area contributed by atoms with Crippen LogP contribution in [0.5, 0.6) is 0 Å². The second-order valence-corrected chi connectivity index (χ2v) is 6.43. The average molecular weight is 298 g/mol. The Morgan fingerprint density at radius 3 is 2.80 bits per heavy atom. The average Bonchev–Trinajstić information content (AvgIpc) is 3.03. The topological polar surface area (TPSA) is 101 Å². The van der Waals surface area contributed by atoms with Crippen LogP contribution in [0.2, 0.25) is 0 Å². The van der Waals surface area contributed by atoms with E-state index in [-0.39, 0.29) is 16.6 Å². The molecule has 2 N–H and O–H groups in total. The van der Waals surface area contributed by atoms with Crippen LogP contribution in [-0.4, -0.2) is 19.5 Å². The van der Waals surface area contributed by atoms with Crippen LogP contribution >= 0.6 is 0 Å². The quantitative estimate of drug-likeness (QED) is 0.828. The zero-order valence-corrected chi connectivity index (χ0v) is 11.4. The first-order chi connectivity index (χ1) is 9.54. The van der Waals surface area contributed by atoms with E-state index in [1.165, 1.54) is 18.2 Å². The highest BCUT2D eigenvalue weighted by atomic mass is 32.2. The molecule has 0 aliphatic heterocycles. The van der Waals surface area contributed by atoms with Crippen molar-refractivity contribution in [3.05, 3.63) is 28.7 Å². The van der Waals surface area contributed by atoms with Gasteiger partial charge < -0.3 is 4.42 Å². The van der Waals surface area contributed by atoms with E-state index < -0.39 is 15.8 Å². The van der Waals surface area contributed by atoms with E-state index in [1.807, 2.05) is 0 Å². The molecule has 2 aromatic rings. The lowest BCUT2D eigenvalue weighted by atomic mass is 10.3. The van der Waals surface area contributed by atoms with Crippen molar-refractivity contribution in [1.29, 1.82) is 0 Å². The minimum Gasteiger partial charge on any atom is -0.408 e. The van der Waals surface area contributed by atoms with Crippen molar-refractivity contribution in [2.45, 2.75) is 36.7 Å². The number of hydrogen-bond donors (Lipinski definition) is 2. The van der Waals surface area contributed by atoms with Gasteiger partial charge in [-0.15, -0.1) is 0 Å². The van der Waals surface area contributed by atoms with E-state index in [9.17, 15) is 13.2 Å². The lowest BCUT2D eigenvalue weighted by molar-refractivity contribution is 0.0223. The predicted octanol–water partition coefficient (Wildman–Crippen LogP) is 1.27. The van der Waals surface area contributed by atoms with Gasteiger partial charge in [0, 0.05) is 6.07 Å². The summed E-state index contributed by atoms with van der Waals surface area (Å²) in [6, 6.07) is 4.14. The van der Waals surface area contributed by atoms with Crippen LogP contribution in [-0.2, 0) is 14.9 Å². The highest BCUT2D eigenvalue weighted by Crippen LogP contribution is 2.21. The van der Waals surface area contributed by atoms with Crippen LogP contribution in [0.3, 0.4) is 0 Å². The number of sulfonamides is 1. The Bertz CT molecular complexity index is 770. The van der Waals surface area contributed by atoms with E-state index in [0.29, 0.717) is 5.52 Å². The molecule has 0 atom stereocenters. The van der Waals surface area contributed by atoms with Crippen molar-refractivity contribution < 1.29 is 17.7 Å². The lowest BCUT2D eigenvalue weighted by Crippen LogP contribution is -2.28. The van der Waals surface area contributed by atoms with Crippen LogP contribution in [0.1, 0.15) is 25.7 Å². The number of H-pyrrole nitrogens is 1. The maximum atomic E-state index is 12.1. The van der Waals surface area contributed by atoms with Crippen molar-refractivity contribution in [2.75, 3.05) is 0 Å². The first-order valence-corrected chi connectivity index (χ1v) is 7.83. The third kappa shape index (κ3) is 2.62. The van der Waals surface area contributed by atoms with Gasteiger partial charge in [-0.05, 0) is 25.0 Å². The summed E-state index contributed by atoms with van der Waals surface area (Å²) in [6.07, 6.45) is 3.74. The van der Waals surface area contributed by atoms with Crippen LogP contribution in [0.15, 0.2) is 32.3 Å². The molecule has 0 bridgehead atoms. The van der Waals surface area contributed by atoms with Crippen LogP contribution in [0, 0.1) is 0 Å². The molecule has 1 aromatic heterocycles. The van der Waals surface area contributed by atoms with E-state index in [1.54, 1.807) is 0 Å². The summed E-state index contributed by atoms with van der Waals surface area (Å²) < 4.78 is 29.0. The van der Waals surface area contributed by atoms with Gasteiger partial charge >= 0.3 is 5.76 Å². The smallest absolute Gasteiger partial charge is 0.408 e. The maximum absolute atomic E-state index is 12.1. The summed E-state index contributed by atoms with van der Waals surface area (Å²) >= 11 is 0. The Labute approximate surface area is 114 Å². The van der Waals surface area contributed by atoms with Gasteiger partial charge in [0.15, 0.2) is 5.58 Å². The van der Waals surface area contributed by atoms with Crippen molar-refractivity contribution in [1.82, 2.24) is 9.87 Å². The zero-order valence-electron chi connectivity index (χ0n) is 10.6. The van der Waals surface area contributed by atoms with Gasteiger partial charge in [0.25, 0.3) is 10.0 Å². The fraction of sp³-hybridized carbons (Fsp3) is 0.417. The van der Waals surface area contributed by atoms with E-state index in [2.05, 4.69) is 9.87 Å². The van der Waals surface area contributed by atoms with Gasteiger partial charge in [-0.1, -0.05) is 17.7 Å². The molecule has 0 saturated heterocycles. The molecule has 0 unspecified atom stereocenters. The number of rotatable bonds is 4. The number of nitrogens with one attached hydrogen (secondary N) is 2. The minimum absolute atomic E-state index is 0.00857. The number of hydrogen-bond acceptors (Lipinski definition) is 5. The van der Waals surface area contributed by atoms with Crippen LogP contribution in [0.25, 0.3) is 11.1 Å². The van der Waals surface area contributed by atoms with E-state index in [4.69, 9.17) is 9.25 Å². The second-order valence-electron chi connectivity index (χ2n) is 4.78. The highest BCUT2D eigenvalue weighted by molar-refractivity contribution is 7.89. The van der Waals surface area contributed by atoms with Gasteiger partial charge in [-0.2, -0.15) is 0 Å². The summed E-state index contributed by atoms with van der Waals surface area (Å²) in [4.78, 5) is 20.8. The molecule has 7 nitrogen and oxygen atoms in total. The first-order valence-electron chi connectivity index (χ1n) is 6.35. The SMILES string of the molecule is O=c1[nH]c2ccc(S(=O)(=O)NOC3CCCC3)cc2o1. The molecule has 8 heteroatoms. The maximum Gasteiger partial charge on any atom is 0.417 e. The highest BCUT2D eigenvalue weighted by Gasteiger charge is 2.21. The lowest BCUT2D eigenvalue weighted by Gasteiger charge is -2.11. The summed E-state index contributed by atoms with van der Waals surface area (Å²) in [6.45, 7) is 0. The molecular formula is C12H14N2O5S. The van der Waals surface area contributed by atoms with E-state index in [0.717, 1.165) is 25.7 Å². The Balaban J connectivity index is 1.82. The van der Waals surface area contributed by atoms with Gasteiger partial charge in [-0.25, -0.2) is 13.2 Å². The number of aromatic amines is 1. The molecule has 1 aromatic carbocycles. The zero-order chi connectivity index (χ0) is 14.2. The third-order valence-corrected chi connectivity index (χ3v) is 4.52. The Morgan fingerprint density at radius 2 is 2.05 bits per heavy atom. The van der Waals surface area contributed by atoms with Crippen molar-refractivity contribution in [3.8, 4) is 0 Å². The molecule has 0 radical (unpaired) electrons. The molecule has 3 rings (SSSR count).